The Bertz CT molecular complexity index is 433. The number of thioether (sulfide) groups is 1. The molecule has 2 aliphatic rings. The number of amides is 1. The van der Waals surface area contributed by atoms with Crippen molar-refractivity contribution in [3.8, 4) is 0 Å². The van der Waals surface area contributed by atoms with Gasteiger partial charge in [-0.3, -0.25) is 4.79 Å². The van der Waals surface area contributed by atoms with Gasteiger partial charge in [-0.05, 0) is 38.3 Å². The Labute approximate surface area is 125 Å². The second-order valence-electron chi connectivity index (χ2n) is 5.70. The second-order valence-corrected chi connectivity index (χ2v) is 9.05. The molecule has 0 bridgehead atoms. The first-order chi connectivity index (χ1) is 9.48. The molecule has 2 fully saturated rings. The zero-order chi connectivity index (χ0) is 14.6. The predicted molar refractivity (Wildman–Crippen MR) is 82.5 cm³/mol. The van der Waals surface area contributed by atoms with Gasteiger partial charge in [0.2, 0.25) is 5.91 Å². The molecule has 5 nitrogen and oxygen atoms in total. The van der Waals surface area contributed by atoms with Gasteiger partial charge in [0.1, 0.15) is 5.37 Å². The maximum Gasteiger partial charge on any atom is 0.223 e. The minimum Gasteiger partial charge on any atom is -0.324 e. The molecule has 0 aliphatic carbocycles. The van der Waals surface area contributed by atoms with E-state index in [9.17, 15) is 13.2 Å². The molecule has 0 spiro atoms. The summed E-state index contributed by atoms with van der Waals surface area (Å²) in [6.07, 6.45) is 4.92. The quantitative estimate of drug-likeness (QED) is 0.826. The molecule has 2 saturated heterocycles. The van der Waals surface area contributed by atoms with Crippen LogP contribution in [-0.4, -0.2) is 62.0 Å². The van der Waals surface area contributed by atoms with Crippen molar-refractivity contribution in [2.75, 3.05) is 37.4 Å². The average molecular weight is 320 g/mol. The van der Waals surface area contributed by atoms with Gasteiger partial charge in [0, 0.05) is 30.7 Å². The highest BCUT2D eigenvalue weighted by Gasteiger charge is 2.34. The number of hydrogen-bond acceptors (Lipinski definition) is 5. The number of carbonyl (C=O) groups excluding carboxylic acids is 1. The summed E-state index contributed by atoms with van der Waals surface area (Å²) >= 11 is 1.61. The van der Waals surface area contributed by atoms with Crippen LogP contribution in [0.3, 0.4) is 0 Å². The van der Waals surface area contributed by atoms with Gasteiger partial charge in [-0.15, -0.1) is 0 Å². The lowest BCUT2D eigenvalue weighted by molar-refractivity contribution is -0.131. The van der Waals surface area contributed by atoms with Gasteiger partial charge in [-0.1, -0.05) is 0 Å². The molecule has 2 heterocycles. The molecule has 20 heavy (non-hydrogen) atoms. The fourth-order valence-corrected chi connectivity index (χ4v) is 5.70. The van der Waals surface area contributed by atoms with Crippen molar-refractivity contribution in [3.63, 3.8) is 0 Å². The molecule has 7 heteroatoms. The Morgan fingerprint density at radius 1 is 1.45 bits per heavy atom. The van der Waals surface area contributed by atoms with E-state index in [1.165, 1.54) is 19.1 Å². The smallest absolute Gasteiger partial charge is 0.223 e. The Morgan fingerprint density at radius 2 is 2.25 bits per heavy atom. The van der Waals surface area contributed by atoms with E-state index in [-0.39, 0.29) is 5.91 Å². The van der Waals surface area contributed by atoms with Crippen molar-refractivity contribution in [1.29, 1.82) is 0 Å². The molecular weight excluding hydrogens is 296 g/mol. The molecule has 2 rings (SSSR count). The Balaban J connectivity index is 1.89. The summed E-state index contributed by atoms with van der Waals surface area (Å²) < 4.78 is 23.6. The Kier molecular flexibility index (Phi) is 5.74. The van der Waals surface area contributed by atoms with Gasteiger partial charge in [-0.2, -0.15) is 11.8 Å². The Hall–Kier alpha value is -0.270. The summed E-state index contributed by atoms with van der Waals surface area (Å²) in [7, 11) is -3.19. The number of hydrogen-bond donors (Lipinski definition) is 1. The molecule has 2 atom stereocenters. The van der Waals surface area contributed by atoms with Crippen molar-refractivity contribution in [1.82, 2.24) is 10.2 Å². The summed E-state index contributed by atoms with van der Waals surface area (Å²) in [5.74, 6) is 1.91. The summed E-state index contributed by atoms with van der Waals surface area (Å²) in [6, 6.07) is 0. The molecule has 0 aromatic heterocycles. The van der Waals surface area contributed by atoms with Crippen LogP contribution in [0.5, 0.6) is 0 Å². The van der Waals surface area contributed by atoms with Crippen LogP contribution < -0.4 is 5.32 Å². The molecule has 2 aliphatic heterocycles. The standard InChI is InChI=1S/C13H24N2O3S2/c1-20(17,18)13-10-19-8-7-15(13)12(16)5-4-11-3-2-6-14-9-11/h11,13-14H,2-10H2,1H3. The van der Waals surface area contributed by atoms with Gasteiger partial charge in [0.15, 0.2) is 9.84 Å². The second kappa shape index (κ2) is 7.13. The minimum atomic E-state index is -3.19. The van der Waals surface area contributed by atoms with Crippen molar-refractivity contribution < 1.29 is 13.2 Å². The number of rotatable bonds is 4. The number of nitrogens with zero attached hydrogens (tertiary/aromatic N) is 1. The monoisotopic (exact) mass is 320 g/mol. The van der Waals surface area contributed by atoms with E-state index in [0.29, 0.717) is 24.6 Å². The summed E-state index contributed by atoms with van der Waals surface area (Å²) in [4.78, 5) is 13.9. The van der Waals surface area contributed by atoms with E-state index in [1.54, 1.807) is 16.7 Å². The van der Waals surface area contributed by atoms with Crippen molar-refractivity contribution in [3.05, 3.63) is 0 Å². The largest absolute Gasteiger partial charge is 0.324 e. The third-order valence-electron chi connectivity index (χ3n) is 4.06. The van der Waals surface area contributed by atoms with Crippen LogP contribution in [0.2, 0.25) is 0 Å². The first-order valence-corrected chi connectivity index (χ1v) is 10.4. The van der Waals surface area contributed by atoms with Crippen LogP contribution in [0.1, 0.15) is 25.7 Å². The molecule has 116 valence electrons. The lowest BCUT2D eigenvalue weighted by Gasteiger charge is -2.34. The molecule has 2 unspecified atom stereocenters. The minimum absolute atomic E-state index is 0.00583. The highest BCUT2D eigenvalue weighted by Crippen LogP contribution is 2.23. The highest BCUT2D eigenvalue weighted by molar-refractivity contribution is 8.00. The predicted octanol–water partition coefficient (Wildman–Crippen LogP) is 0.712. The maximum absolute atomic E-state index is 12.3. The SMILES string of the molecule is CS(=O)(=O)C1CSCCN1C(=O)CCC1CCCNC1. The fraction of sp³-hybridized carbons (Fsp3) is 0.923. The van der Waals surface area contributed by atoms with Gasteiger partial charge < -0.3 is 10.2 Å². The number of nitrogens with one attached hydrogen (secondary N) is 1. The lowest BCUT2D eigenvalue weighted by Crippen LogP contribution is -2.50. The summed E-state index contributed by atoms with van der Waals surface area (Å²) in [5, 5.41) is 2.72. The molecule has 1 amide bonds. The summed E-state index contributed by atoms with van der Waals surface area (Å²) in [6.45, 7) is 2.62. The van der Waals surface area contributed by atoms with Gasteiger partial charge in [-0.25, -0.2) is 8.42 Å². The third-order valence-corrected chi connectivity index (χ3v) is 6.71. The molecule has 0 aromatic rings. The van der Waals surface area contributed by atoms with Crippen molar-refractivity contribution in [2.24, 2.45) is 5.92 Å². The van der Waals surface area contributed by atoms with Crippen molar-refractivity contribution >= 4 is 27.5 Å². The molecule has 0 aromatic carbocycles. The maximum atomic E-state index is 12.3. The zero-order valence-electron chi connectivity index (χ0n) is 12.0. The van der Waals surface area contributed by atoms with Crippen molar-refractivity contribution in [2.45, 2.75) is 31.1 Å². The lowest BCUT2D eigenvalue weighted by atomic mass is 9.94. The summed E-state index contributed by atoms with van der Waals surface area (Å²) in [5.41, 5.74) is 0. The van der Waals surface area contributed by atoms with Crippen LogP contribution in [0, 0.1) is 5.92 Å². The van der Waals surface area contributed by atoms with Crippen LogP contribution in [-0.2, 0) is 14.6 Å². The third kappa shape index (κ3) is 4.36. The molecular formula is C13H24N2O3S2. The fourth-order valence-electron chi connectivity index (χ4n) is 2.86. The Morgan fingerprint density at radius 3 is 2.90 bits per heavy atom. The van der Waals surface area contributed by atoms with E-state index < -0.39 is 15.2 Å². The van der Waals surface area contributed by atoms with Crippen LogP contribution in [0.15, 0.2) is 0 Å². The number of sulfone groups is 1. The number of piperidine rings is 1. The highest BCUT2D eigenvalue weighted by atomic mass is 32.2. The topological polar surface area (TPSA) is 66.5 Å². The van der Waals surface area contributed by atoms with Crippen LogP contribution in [0.4, 0.5) is 0 Å². The van der Waals surface area contributed by atoms with E-state index in [2.05, 4.69) is 5.32 Å². The molecule has 1 N–H and O–H groups in total. The molecule has 0 saturated carbocycles. The average Bonchev–Trinajstić information content (AvgIpc) is 2.45. The number of carbonyl (C=O) groups is 1. The first-order valence-electron chi connectivity index (χ1n) is 7.25. The van der Waals surface area contributed by atoms with E-state index >= 15 is 0 Å². The normalized spacial score (nSPS) is 28.4. The van der Waals surface area contributed by atoms with Gasteiger partial charge in [0.05, 0.1) is 0 Å². The van der Waals surface area contributed by atoms with E-state index in [4.69, 9.17) is 0 Å². The van der Waals surface area contributed by atoms with Crippen LogP contribution in [0.25, 0.3) is 0 Å². The van der Waals surface area contributed by atoms with Gasteiger partial charge >= 0.3 is 0 Å². The van der Waals surface area contributed by atoms with Crippen LogP contribution >= 0.6 is 11.8 Å². The van der Waals surface area contributed by atoms with E-state index in [0.717, 1.165) is 25.3 Å². The van der Waals surface area contributed by atoms with Gasteiger partial charge in [0.25, 0.3) is 0 Å². The zero-order valence-corrected chi connectivity index (χ0v) is 13.6. The molecule has 0 radical (unpaired) electrons. The first kappa shape index (κ1) is 16.1. The van der Waals surface area contributed by atoms with E-state index in [1.807, 2.05) is 0 Å².